The molecule has 0 bridgehead atoms. The maximum Gasteiger partial charge on any atom is 0.257 e. The number of anilines is 1. The molecule has 2 heterocycles. The van der Waals surface area contributed by atoms with Crippen molar-refractivity contribution < 1.29 is 9.59 Å². The van der Waals surface area contributed by atoms with Crippen LogP contribution in [0.2, 0.25) is 0 Å². The third-order valence-corrected chi connectivity index (χ3v) is 6.21. The van der Waals surface area contributed by atoms with E-state index in [0.29, 0.717) is 5.56 Å². The summed E-state index contributed by atoms with van der Waals surface area (Å²) < 4.78 is 2.14. The number of hydrazine groups is 1. The van der Waals surface area contributed by atoms with E-state index in [1.807, 2.05) is 73.8 Å². The average Bonchev–Trinajstić information content (AvgIpc) is 3.24. The Labute approximate surface area is 186 Å². The molecule has 0 saturated carbocycles. The first-order valence-corrected chi connectivity index (χ1v) is 10.6. The van der Waals surface area contributed by atoms with Gasteiger partial charge in [-0.2, -0.15) is 0 Å². The van der Waals surface area contributed by atoms with Crippen LogP contribution in [-0.2, 0) is 11.8 Å². The first-order chi connectivity index (χ1) is 15.6. The van der Waals surface area contributed by atoms with Gasteiger partial charge in [0.25, 0.3) is 11.8 Å². The zero-order valence-corrected chi connectivity index (χ0v) is 18.0. The van der Waals surface area contributed by atoms with Crippen LogP contribution in [0.15, 0.2) is 78.9 Å². The van der Waals surface area contributed by atoms with Crippen molar-refractivity contribution in [2.45, 2.75) is 13.0 Å². The van der Waals surface area contributed by atoms with Gasteiger partial charge in [-0.3, -0.25) is 20.4 Å². The Hall–Kier alpha value is -4.06. The molecule has 5 rings (SSSR count). The minimum absolute atomic E-state index is 0.0549. The van der Waals surface area contributed by atoms with Crippen molar-refractivity contribution in [2.75, 3.05) is 12.0 Å². The molecule has 0 aliphatic carbocycles. The van der Waals surface area contributed by atoms with Crippen molar-refractivity contribution in [1.29, 1.82) is 0 Å². The molecular formula is C26H24N4O2. The van der Waals surface area contributed by atoms with Gasteiger partial charge in [0.2, 0.25) is 0 Å². The number of nitrogens with one attached hydrogen (secondary N) is 2. The Morgan fingerprint density at radius 1 is 0.938 bits per heavy atom. The lowest BCUT2D eigenvalue weighted by Gasteiger charge is -2.26. The van der Waals surface area contributed by atoms with Crippen molar-refractivity contribution in [3.05, 3.63) is 101 Å². The number of aryl methyl sites for hydroxylation is 1. The maximum absolute atomic E-state index is 13.4. The molecule has 1 aromatic heterocycles. The van der Waals surface area contributed by atoms with E-state index in [2.05, 4.69) is 34.5 Å². The van der Waals surface area contributed by atoms with Gasteiger partial charge in [0.15, 0.2) is 0 Å². The normalized spacial score (nSPS) is 15.1. The molecule has 1 aliphatic rings. The minimum Gasteiger partial charge on any atom is -0.348 e. The molecular weight excluding hydrogens is 400 g/mol. The highest BCUT2D eigenvalue weighted by molar-refractivity contribution is 6.02. The van der Waals surface area contributed by atoms with Gasteiger partial charge in [0, 0.05) is 34.8 Å². The third kappa shape index (κ3) is 3.21. The molecule has 1 atom stereocenters. The predicted octanol–water partition coefficient (Wildman–Crippen LogP) is 4.18. The quantitative estimate of drug-likeness (QED) is 0.473. The molecule has 0 saturated heterocycles. The first-order valence-electron chi connectivity index (χ1n) is 10.6. The van der Waals surface area contributed by atoms with Crippen LogP contribution in [0.1, 0.15) is 33.2 Å². The summed E-state index contributed by atoms with van der Waals surface area (Å²) in [7, 11) is 2.03. The van der Waals surface area contributed by atoms with Gasteiger partial charge in [0.05, 0.1) is 11.7 Å². The summed E-state index contributed by atoms with van der Waals surface area (Å²) in [6, 6.07) is 24.9. The van der Waals surface area contributed by atoms with E-state index in [0.717, 1.165) is 33.4 Å². The molecule has 4 aromatic rings. The van der Waals surface area contributed by atoms with E-state index >= 15 is 0 Å². The van der Waals surface area contributed by atoms with Gasteiger partial charge in [-0.25, -0.2) is 0 Å². The fourth-order valence-corrected chi connectivity index (χ4v) is 4.60. The van der Waals surface area contributed by atoms with Gasteiger partial charge in [-0.15, -0.1) is 0 Å². The molecule has 0 radical (unpaired) electrons. The summed E-state index contributed by atoms with van der Waals surface area (Å²) in [6.07, 6.45) is 0. The van der Waals surface area contributed by atoms with Gasteiger partial charge in [-0.1, -0.05) is 54.6 Å². The SMILES string of the molecule is Cc1c(C2c3ccccc3C(=O)N2CC(=O)NNc2ccccc2)c2ccccc2n1C. The smallest absolute Gasteiger partial charge is 0.257 e. The van der Waals surface area contributed by atoms with Crippen molar-refractivity contribution >= 4 is 28.4 Å². The predicted molar refractivity (Wildman–Crippen MR) is 125 cm³/mol. The lowest BCUT2D eigenvalue weighted by molar-refractivity contribution is -0.121. The van der Waals surface area contributed by atoms with Crippen LogP contribution in [0.5, 0.6) is 0 Å². The highest BCUT2D eigenvalue weighted by Gasteiger charge is 2.40. The second-order valence-corrected chi connectivity index (χ2v) is 8.04. The molecule has 0 fully saturated rings. The van der Waals surface area contributed by atoms with Gasteiger partial charge in [0.1, 0.15) is 6.54 Å². The Kier molecular flexibility index (Phi) is 4.90. The van der Waals surface area contributed by atoms with Crippen LogP contribution in [0.25, 0.3) is 10.9 Å². The Morgan fingerprint density at radius 2 is 1.62 bits per heavy atom. The lowest BCUT2D eigenvalue weighted by Crippen LogP contribution is -2.41. The summed E-state index contributed by atoms with van der Waals surface area (Å²) in [5.74, 6) is -0.411. The van der Waals surface area contributed by atoms with Crippen LogP contribution in [0, 0.1) is 6.92 Å². The highest BCUT2D eigenvalue weighted by Crippen LogP contribution is 2.43. The number of benzene rings is 3. The summed E-state index contributed by atoms with van der Waals surface area (Å²) in [6.45, 7) is 2.01. The monoisotopic (exact) mass is 424 g/mol. The van der Waals surface area contributed by atoms with Crippen molar-refractivity contribution in [3.63, 3.8) is 0 Å². The summed E-state index contributed by atoms with van der Waals surface area (Å²) >= 11 is 0. The number of hydrogen-bond donors (Lipinski definition) is 2. The summed E-state index contributed by atoms with van der Waals surface area (Å²) in [5, 5.41) is 1.09. The molecule has 6 nitrogen and oxygen atoms in total. The maximum atomic E-state index is 13.4. The number of rotatable bonds is 5. The third-order valence-electron chi connectivity index (χ3n) is 6.21. The molecule has 6 heteroatoms. The Bertz CT molecular complexity index is 1330. The first kappa shape index (κ1) is 19.9. The van der Waals surface area contributed by atoms with Gasteiger partial charge in [-0.05, 0) is 36.8 Å². The Balaban J connectivity index is 1.52. The molecule has 160 valence electrons. The highest BCUT2D eigenvalue weighted by atomic mass is 16.2. The van der Waals surface area contributed by atoms with E-state index < -0.39 is 0 Å². The minimum atomic E-state index is -0.327. The number of hydrogen-bond acceptors (Lipinski definition) is 3. The van der Waals surface area contributed by atoms with Crippen LogP contribution >= 0.6 is 0 Å². The topological polar surface area (TPSA) is 66.4 Å². The number of carbonyl (C=O) groups is 2. The van der Waals surface area contributed by atoms with Gasteiger partial charge >= 0.3 is 0 Å². The van der Waals surface area contributed by atoms with E-state index in [-0.39, 0.29) is 24.4 Å². The number of para-hydroxylation sites is 2. The number of nitrogens with zero attached hydrogens (tertiary/aromatic N) is 2. The van der Waals surface area contributed by atoms with E-state index in [1.54, 1.807) is 4.90 Å². The second-order valence-electron chi connectivity index (χ2n) is 8.04. The van der Waals surface area contributed by atoms with E-state index in [1.165, 1.54) is 0 Å². The molecule has 0 spiro atoms. The van der Waals surface area contributed by atoms with Crippen LogP contribution in [0.4, 0.5) is 5.69 Å². The van der Waals surface area contributed by atoms with Crippen LogP contribution < -0.4 is 10.9 Å². The van der Waals surface area contributed by atoms with Crippen molar-refractivity contribution in [1.82, 2.24) is 14.9 Å². The number of fused-ring (bicyclic) bond motifs is 2. The molecule has 2 amide bonds. The van der Waals surface area contributed by atoms with Crippen molar-refractivity contribution in [2.24, 2.45) is 7.05 Å². The summed E-state index contributed by atoms with van der Waals surface area (Å²) in [5.41, 5.74) is 11.2. The summed E-state index contributed by atoms with van der Waals surface area (Å²) in [4.78, 5) is 27.9. The van der Waals surface area contributed by atoms with E-state index in [9.17, 15) is 9.59 Å². The average molecular weight is 425 g/mol. The largest absolute Gasteiger partial charge is 0.348 e. The standard InChI is InChI=1S/C26H24N4O2/c1-17-24(21-14-8-9-15-22(21)29(17)2)25-19-12-6-7-13-20(19)26(32)30(25)16-23(31)28-27-18-10-4-3-5-11-18/h3-15,25,27H,16H2,1-2H3,(H,28,31). The Morgan fingerprint density at radius 3 is 2.44 bits per heavy atom. The molecule has 1 unspecified atom stereocenters. The molecule has 2 N–H and O–H groups in total. The lowest BCUT2D eigenvalue weighted by atomic mass is 9.95. The second kappa shape index (κ2) is 7.89. The van der Waals surface area contributed by atoms with Crippen LogP contribution in [-0.4, -0.2) is 27.8 Å². The zero-order chi connectivity index (χ0) is 22.2. The van der Waals surface area contributed by atoms with Gasteiger partial charge < -0.3 is 9.47 Å². The van der Waals surface area contributed by atoms with E-state index in [4.69, 9.17) is 0 Å². The molecule has 32 heavy (non-hydrogen) atoms. The number of aromatic nitrogens is 1. The number of carbonyl (C=O) groups excluding carboxylic acids is 2. The fourth-order valence-electron chi connectivity index (χ4n) is 4.60. The molecule has 3 aromatic carbocycles. The van der Waals surface area contributed by atoms with Crippen molar-refractivity contribution in [3.8, 4) is 0 Å². The zero-order valence-electron chi connectivity index (χ0n) is 18.0. The molecule has 1 aliphatic heterocycles. The van der Waals surface area contributed by atoms with Crippen LogP contribution in [0.3, 0.4) is 0 Å². The fraction of sp³-hybridized carbons (Fsp3) is 0.154. The number of amides is 2.